The zero-order chi connectivity index (χ0) is 14.0. The first kappa shape index (κ1) is 13.8. The molecule has 7 heteroatoms. The molecule has 1 aromatic rings. The molecule has 0 bridgehead atoms. The van der Waals surface area contributed by atoms with Gasteiger partial charge in [0.1, 0.15) is 0 Å². The molecule has 2 rings (SSSR count). The van der Waals surface area contributed by atoms with Gasteiger partial charge in [-0.25, -0.2) is 0 Å². The number of anilines is 1. The lowest BCUT2D eigenvalue weighted by Gasteiger charge is -2.23. The molecule has 1 aliphatic rings. The van der Waals surface area contributed by atoms with E-state index in [0.29, 0.717) is 0 Å². The molecule has 0 radical (unpaired) electrons. The molecular formula is C12H14ClN3O3. The van der Waals surface area contributed by atoms with Gasteiger partial charge in [0, 0.05) is 12.1 Å². The van der Waals surface area contributed by atoms with Crippen LogP contribution in [0.4, 0.5) is 11.4 Å². The van der Waals surface area contributed by atoms with Crippen LogP contribution in [0.5, 0.6) is 0 Å². The van der Waals surface area contributed by atoms with E-state index in [1.165, 1.54) is 18.2 Å². The Bertz CT molecular complexity index is 527. The average molecular weight is 284 g/mol. The number of amides is 1. The topological polar surface area (TPSA) is 84.3 Å². The average Bonchev–Trinajstić information content (AvgIpc) is 2.80. The Balaban J connectivity index is 2.20. The molecule has 0 spiro atoms. The Kier molecular flexibility index (Phi) is 3.73. The lowest BCUT2D eigenvalue weighted by Crippen LogP contribution is -2.48. The number of non-ortho nitro benzene ring substituents is 1. The van der Waals surface area contributed by atoms with Crippen molar-refractivity contribution in [3.63, 3.8) is 0 Å². The van der Waals surface area contributed by atoms with E-state index >= 15 is 0 Å². The van der Waals surface area contributed by atoms with Crippen molar-refractivity contribution in [2.24, 2.45) is 0 Å². The number of rotatable bonds is 3. The van der Waals surface area contributed by atoms with Crippen molar-refractivity contribution in [3.05, 3.63) is 33.3 Å². The molecule has 1 heterocycles. The number of benzene rings is 1. The zero-order valence-electron chi connectivity index (χ0n) is 10.4. The van der Waals surface area contributed by atoms with E-state index in [-0.39, 0.29) is 22.3 Å². The fourth-order valence-electron chi connectivity index (χ4n) is 2.07. The second-order valence-electron chi connectivity index (χ2n) is 4.74. The van der Waals surface area contributed by atoms with Crippen molar-refractivity contribution in [2.45, 2.75) is 25.3 Å². The molecule has 0 saturated carbocycles. The van der Waals surface area contributed by atoms with Crippen LogP contribution < -0.4 is 10.6 Å². The Hall–Kier alpha value is -1.66. The van der Waals surface area contributed by atoms with Gasteiger partial charge in [-0.1, -0.05) is 11.6 Å². The van der Waals surface area contributed by atoms with Gasteiger partial charge in [-0.2, -0.15) is 0 Å². The number of nitro groups is 1. The van der Waals surface area contributed by atoms with E-state index < -0.39 is 10.5 Å². The van der Waals surface area contributed by atoms with Crippen molar-refractivity contribution < 1.29 is 9.72 Å². The number of hydrogen-bond donors (Lipinski definition) is 2. The minimum Gasteiger partial charge on any atom is -0.323 e. The SMILES string of the molecule is CC1(C(=O)Nc2cc([N+](=O)[O-])ccc2Cl)CCCN1. The van der Waals surface area contributed by atoms with Gasteiger partial charge < -0.3 is 10.6 Å². The highest BCUT2D eigenvalue weighted by molar-refractivity contribution is 6.33. The summed E-state index contributed by atoms with van der Waals surface area (Å²) >= 11 is 5.94. The first-order valence-electron chi connectivity index (χ1n) is 5.93. The maximum Gasteiger partial charge on any atom is 0.271 e. The first-order chi connectivity index (χ1) is 8.92. The van der Waals surface area contributed by atoms with Crippen LogP contribution in [-0.2, 0) is 4.79 Å². The van der Waals surface area contributed by atoms with Gasteiger partial charge >= 0.3 is 0 Å². The minimum atomic E-state index is -0.645. The van der Waals surface area contributed by atoms with E-state index in [9.17, 15) is 14.9 Å². The fraction of sp³-hybridized carbons (Fsp3) is 0.417. The van der Waals surface area contributed by atoms with Crippen molar-refractivity contribution in [1.82, 2.24) is 5.32 Å². The summed E-state index contributed by atoms with van der Waals surface area (Å²) in [6.45, 7) is 2.59. The van der Waals surface area contributed by atoms with Crippen molar-refractivity contribution in [3.8, 4) is 0 Å². The summed E-state index contributed by atoms with van der Waals surface area (Å²) in [5.41, 5.74) is -0.492. The third-order valence-corrected chi connectivity index (χ3v) is 3.61. The minimum absolute atomic E-state index is 0.107. The van der Waals surface area contributed by atoms with Crippen LogP contribution in [0.3, 0.4) is 0 Å². The summed E-state index contributed by atoms with van der Waals surface area (Å²) in [6, 6.07) is 3.96. The van der Waals surface area contributed by atoms with E-state index in [4.69, 9.17) is 11.6 Å². The summed E-state index contributed by atoms with van der Waals surface area (Å²) in [7, 11) is 0. The molecule has 102 valence electrons. The van der Waals surface area contributed by atoms with E-state index in [1.54, 1.807) is 6.92 Å². The number of nitrogens with zero attached hydrogens (tertiary/aromatic N) is 1. The molecule has 1 unspecified atom stereocenters. The normalized spacial score (nSPS) is 22.2. The van der Waals surface area contributed by atoms with Crippen LogP contribution in [-0.4, -0.2) is 22.9 Å². The summed E-state index contributed by atoms with van der Waals surface area (Å²) in [4.78, 5) is 22.3. The molecule has 0 aromatic heterocycles. The maximum atomic E-state index is 12.2. The lowest BCUT2D eigenvalue weighted by molar-refractivity contribution is -0.384. The second-order valence-corrected chi connectivity index (χ2v) is 5.15. The highest BCUT2D eigenvalue weighted by Crippen LogP contribution is 2.28. The number of halogens is 1. The summed E-state index contributed by atoms with van der Waals surface area (Å²) in [5, 5.41) is 16.8. The van der Waals surface area contributed by atoms with Crippen LogP contribution in [0.2, 0.25) is 5.02 Å². The van der Waals surface area contributed by atoms with Crippen LogP contribution >= 0.6 is 11.6 Å². The molecular weight excluding hydrogens is 270 g/mol. The Morgan fingerprint density at radius 1 is 1.58 bits per heavy atom. The molecule has 1 amide bonds. The summed E-state index contributed by atoms with van der Waals surface area (Å²) in [5.74, 6) is -0.229. The smallest absolute Gasteiger partial charge is 0.271 e. The molecule has 6 nitrogen and oxygen atoms in total. The number of hydrogen-bond acceptors (Lipinski definition) is 4. The van der Waals surface area contributed by atoms with E-state index in [0.717, 1.165) is 19.4 Å². The molecule has 1 saturated heterocycles. The van der Waals surface area contributed by atoms with Crippen molar-refractivity contribution >= 4 is 28.9 Å². The van der Waals surface area contributed by atoms with Gasteiger partial charge in [0.2, 0.25) is 5.91 Å². The quantitative estimate of drug-likeness (QED) is 0.659. The van der Waals surface area contributed by atoms with Gasteiger partial charge in [-0.15, -0.1) is 0 Å². The monoisotopic (exact) mass is 283 g/mol. The van der Waals surface area contributed by atoms with Crippen LogP contribution in [0, 0.1) is 10.1 Å². The molecule has 1 fully saturated rings. The third-order valence-electron chi connectivity index (χ3n) is 3.28. The van der Waals surface area contributed by atoms with Crippen LogP contribution in [0.25, 0.3) is 0 Å². The van der Waals surface area contributed by atoms with E-state index in [1.807, 2.05) is 0 Å². The largest absolute Gasteiger partial charge is 0.323 e. The standard InChI is InChI=1S/C12H14ClN3O3/c1-12(5-2-6-14-12)11(17)15-10-7-8(16(18)19)3-4-9(10)13/h3-4,7,14H,2,5-6H2,1H3,(H,15,17). The van der Waals surface area contributed by atoms with Crippen molar-refractivity contribution in [2.75, 3.05) is 11.9 Å². The summed E-state index contributed by atoms with van der Waals surface area (Å²) < 4.78 is 0. The molecule has 1 aliphatic heterocycles. The zero-order valence-corrected chi connectivity index (χ0v) is 11.2. The highest BCUT2D eigenvalue weighted by atomic mass is 35.5. The van der Waals surface area contributed by atoms with Gasteiger partial charge in [-0.3, -0.25) is 14.9 Å². The van der Waals surface area contributed by atoms with Gasteiger partial charge in [0.05, 0.1) is 21.2 Å². The maximum absolute atomic E-state index is 12.2. The number of nitro benzene ring substituents is 1. The Morgan fingerprint density at radius 3 is 2.89 bits per heavy atom. The molecule has 0 aliphatic carbocycles. The summed E-state index contributed by atoms with van der Waals surface area (Å²) in [6.07, 6.45) is 1.65. The van der Waals surface area contributed by atoms with Crippen LogP contribution in [0.15, 0.2) is 18.2 Å². The third kappa shape index (κ3) is 2.85. The van der Waals surface area contributed by atoms with Gasteiger partial charge in [-0.05, 0) is 32.4 Å². The number of carbonyl (C=O) groups excluding carboxylic acids is 1. The molecule has 1 atom stereocenters. The predicted molar refractivity (Wildman–Crippen MR) is 72.4 cm³/mol. The molecule has 2 N–H and O–H groups in total. The first-order valence-corrected chi connectivity index (χ1v) is 6.30. The lowest BCUT2D eigenvalue weighted by atomic mass is 9.99. The number of carbonyl (C=O) groups is 1. The van der Waals surface area contributed by atoms with Crippen LogP contribution in [0.1, 0.15) is 19.8 Å². The van der Waals surface area contributed by atoms with E-state index in [2.05, 4.69) is 10.6 Å². The predicted octanol–water partition coefficient (Wildman–Crippen LogP) is 2.33. The van der Waals surface area contributed by atoms with Gasteiger partial charge in [0.15, 0.2) is 0 Å². The Labute approximate surface area is 115 Å². The molecule has 1 aromatic carbocycles. The molecule has 19 heavy (non-hydrogen) atoms. The second kappa shape index (κ2) is 5.14. The van der Waals surface area contributed by atoms with Crippen molar-refractivity contribution in [1.29, 1.82) is 0 Å². The van der Waals surface area contributed by atoms with Gasteiger partial charge in [0.25, 0.3) is 5.69 Å². The number of nitrogens with one attached hydrogen (secondary N) is 2. The fourth-order valence-corrected chi connectivity index (χ4v) is 2.24. The Morgan fingerprint density at radius 2 is 2.32 bits per heavy atom. The highest BCUT2D eigenvalue weighted by Gasteiger charge is 2.36.